The SMILES string of the molecule is C[C@@H](CCCOc1cc(N(C(=O)OC(C)(C)C)c2cc([C@H]3CC[C@@H](O[Si](C)(C)C(C)(C)C)C3)nn2C(C)(C)C)cc(F)n1)NC(=O)OC(C)(C)C. The van der Waals surface area contributed by atoms with Gasteiger partial charge in [0.2, 0.25) is 11.8 Å². The molecule has 51 heavy (non-hydrogen) atoms. The lowest BCUT2D eigenvalue weighted by Crippen LogP contribution is -2.43. The summed E-state index contributed by atoms with van der Waals surface area (Å²) < 4.78 is 40.9. The van der Waals surface area contributed by atoms with E-state index in [4.69, 9.17) is 23.7 Å². The average Bonchev–Trinajstić information content (AvgIpc) is 3.55. The molecule has 0 bridgehead atoms. The predicted octanol–water partition coefficient (Wildman–Crippen LogP) is 9.98. The maximum absolute atomic E-state index is 15.2. The Hall–Kier alpha value is -3.19. The molecule has 2 heterocycles. The number of rotatable bonds is 11. The van der Waals surface area contributed by atoms with E-state index in [-0.39, 0.29) is 41.3 Å². The molecular formula is C38H64FN5O6Si. The third kappa shape index (κ3) is 12.5. The number of nitrogens with zero attached hydrogens (tertiary/aromatic N) is 4. The summed E-state index contributed by atoms with van der Waals surface area (Å²) >= 11 is 0. The molecule has 1 N–H and O–H groups in total. The summed E-state index contributed by atoms with van der Waals surface area (Å²) in [5.41, 5.74) is -0.881. The van der Waals surface area contributed by atoms with E-state index >= 15 is 4.39 Å². The smallest absolute Gasteiger partial charge is 0.420 e. The Balaban J connectivity index is 1.90. The number of carbonyl (C=O) groups is 2. The Morgan fingerprint density at radius 1 is 0.980 bits per heavy atom. The summed E-state index contributed by atoms with van der Waals surface area (Å²) in [4.78, 5) is 31.4. The van der Waals surface area contributed by atoms with Crippen LogP contribution in [0.2, 0.25) is 18.1 Å². The van der Waals surface area contributed by atoms with Crippen LogP contribution in [0.15, 0.2) is 18.2 Å². The lowest BCUT2D eigenvalue weighted by molar-refractivity contribution is 0.0503. The fraction of sp³-hybridized carbons (Fsp3) is 0.737. The second-order valence-corrected chi connectivity index (χ2v) is 23.1. The van der Waals surface area contributed by atoms with Crippen LogP contribution in [0.4, 0.5) is 25.5 Å². The largest absolute Gasteiger partial charge is 0.478 e. The Morgan fingerprint density at radius 2 is 1.61 bits per heavy atom. The van der Waals surface area contributed by atoms with Gasteiger partial charge in [0.1, 0.15) is 17.0 Å². The van der Waals surface area contributed by atoms with Gasteiger partial charge in [-0.2, -0.15) is 14.5 Å². The van der Waals surface area contributed by atoms with Crippen LogP contribution in [0.3, 0.4) is 0 Å². The number of hydrogen-bond donors (Lipinski definition) is 1. The molecule has 2 aromatic rings. The van der Waals surface area contributed by atoms with Crippen LogP contribution in [-0.2, 0) is 19.4 Å². The molecule has 0 radical (unpaired) electrons. The second-order valence-electron chi connectivity index (χ2n) is 18.4. The number of amides is 2. The van der Waals surface area contributed by atoms with Crippen LogP contribution in [0.1, 0.15) is 134 Å². The van der Waals surface area contributed by atoms with E-state index in [2.05, 4.69) is 44.2 Å². The third-order valence-corrected chi connectivity index (χ3v) is 13.6. The van der Waals surface area contributed by atoms with Crippen LogP contribution >= 0.6 is 0 Å². The first-order valence-electron chi connectivity index (χ1n) is 18.3. The molecule has 0 unspecified atom stereocenters. The lowest BCUT2D eigenvalue weighted by Gasteiger charge is -2.38. The van der Waals surface area contributed by atoms with E-state index in [0.717, 1.165) is 25.0 Å². The molecule has 11 nitrogen and oxygen atoms in total. The molecule has 0 saturated heterocycles. The molecule has 1 aliphatic carbocycles. The first-order chi connectivity index (χ1) is 23.1. The van der Waals surface area contributed by atoms with Gasteiger partial charge in [-0.25, -0.2) is 19.2 Å². The highest BCUT2D eigenvalue weighted by atomic mass is 28.4. The Kier molecular flexibility index (Phi) is 13.1. The first-order valence-corrected chi connectivity index (χ1v) is 21.2. The number of carbonyl (C=O) groups excluding carboxylic acids is 2. The fourth-order valence-electron chi connectivity index (χ4n) is 5.60. The standard InChI is InChI=1S/C38H64FN5O6Si/c1-25(40-33(45)48-36(5,6)7)17-16-20-47-31-23-27(22-30(39)41-31)43(34(46)49-37(8,9)10)32-24-29(42-44(32)35(2,3)4)26-18-19-28(21-26)50-51(14,15)38(11,12)13/h22-26,28H,16-21H2,1-15H3,(H,40,45)/t25-,26-,28+/m0/s1. The molecule has 0 aliphatic heterocycles. The van der Waals surface area contributed by atoms with Crippen molar-refractivity contribution >= 4 is 32.0 Å². The molecule has 288 valence electrons. The van der Waals surface area contributed by atoms with Gasteiger partial charge in [0.15, 0.2) is 8.32 Å². The fourth-order valence-corrected chi connectivity index (χ4v) is 7.00. The molecule has 1 aliphatic rings. The van der Waals surface area contributed by atoms with Crippen molar-refractivity contribution in [1.82, 2.24) is 20.1 Å². The van der Waals surface area contributed by atoms with Crippen molar-refractivity contribution in [3.8, 4) is 5.88 Å². The third-order valence-electron chi connectivity index (χ3n) is 9.03. The highest BCUT2D eigenvalue weighted by molar-refractivity contribution is 6.74. The number of nitrogens with one attached hydrogen (secondary N) is 1. The molecule has 0 aromatic carbocycles. The molecule has 13 heteroatoms. The molecular weight excluding hydrogens is 670 g/mol. The zero-order valence-corrected chi connectivity index (χ0v) is 34.8. The van der Waals surface area contributed by atoms with Gasteiger partial charge in [0, 0.05) is 36.3 Å². The quantitative estimate of drug-likeness (QED) is 0.138. The van der Waals surface area contributed by atoms with E-state index in [9.17, 15) is 9.59 Å². The number of pyridine rings is 1. The summed E-state index contributed by atoms with van der Waals surface area (Å²) in [5, 5.41) is 8.00. The van der Waals surface area contributed by atoms with E-state index in [0.29, 0.717) is 18.7 Å². The van der Waals surface area contributed by atoms with Gasteiger partial charge >= 0.3 is 12.2 Å². The minimum atomic E-state index is -1.95. The monoisotopic (exact) mass is 733 g/mol. The van der Waals surface area contributed by atoms with Gasteiger partial charge in [0.25, 0.3) is 0 Å². The maximum Gasteiger partial charge on any atom is 0.420 e. The van der Waals surface area contributed by atoms with Crippen LogP contribution in [-0.4, -0.2) is 65.2 Å². The zero-order chi connectivity index (χ0) is 38.7. The normalized spacial score (nSPS) is 18.0. The zero-order valence-electron chi connectivity index (χ0n) is 33.8. The number of ether oxygens (including phenoxy) is 3. The van der Waals surface area contributed by atoms with Crippen LogP contribution in [0, 0.1) is 5.95 Å². The highest BCUT2D eigenvalue weighted by Gasteiger charge is 2.42. The van der Waals surface area contributed by atoms with Gasteiger partial charge in [-0.1, -0.05) is 20.8 Å². The molecule has 2 aromatic heterocycles. The van der Waals surface area contributed by atoms with Crippen molar-refractivity contribution in [2.75, 3.05) is 11.5 Å². The van der Waals surface area contributed by atoms with E-state index in [1.54, 1.807) is 20.8 Å². The van der Waals surface area contributed by atoms with E-state index < -0.39 is 43.2 Å². The van der Waals surface area contributed by atoms with Gasteiger partial charge in [-0.3, -0.25) is 0 Å². The van der Waals surface area contributed by atoms with Crippen LogP contribution < -0.4 is 15.0 Å². The van der Waals surface area contributed by atoms with Gasteiger partial charge in [-0.15, -0.1) is 0 Å². The topological polar surface area (TPSA) is 117 Å². The highest BCUT2D eigenvalue weighted by Crippen LogP contribution is 2.44. The van der Waals surface area contributed by atoms with Gasteiger partial charge < -0.3 is 24.0 Å². The molecule has 3 atom stereocenters. The van der Waals surface area contributed by atoms with Crippen LogP contribution in [0.5, 0.6) is 5.88 Å². The number of anilines is 2. The summed E-state index contributed by atoms with van der Waals surface area (Å²) in [7, 11) is -1.95. The first kappa shape index (κ1) is 42.2. The summed E-state index contributed by atoms with van der Waals surface area (Å²) in [6.07, 6.45) is 2.84. The Labute approximate surface area is 306 Å². The van der Waals surface area contributed by atoms with E-state index in [1.807, 2.05) is 59.2 Å². The minimum absolute atomic E-state index is 0.0229. The number of hydrogen-bond acceptors (Lipinski definition) is 8. The lowest BCUT2D eigenvalue weighted by atomic mass is 10.0. The minimum Gasteiger partial charge on any atom is -0.478 e. The summed E-state index contributed by atoms with van der Waals surface area (Å²) in [6.45, 7) is 30.2. The molecule has 1 saturated carbocycles. The maximum atomic E-state index is 15.2. The Morgan fingerprint density at radius 3 is 2.18 bits per heavy atom. The average molecular weight is 734 g/mol. The Bertz CT molecular complexity index is 1500. The van der Waals surface area contributed by atoms with Crippen LogP contribution in [0.25, 0.3) is 0 Å². The van der Waals surface area contributed by atoms with Crippen molar-refractivity contribution in [2.24, 2.45) is 0 Å². The number of halogens is 1. The molecule has 3 rings (SSSR count). The van der Waals surface area contributed by atoms with Crippen molar-refractivity contribution in [3.63, 3.8) is 0 Å². The number of aromatic nitrogens is 3. The van der Waals surface area contributed by atoms with Crippen molar-refractivity contribution < 1.29 is 32.6 Å². The number of alkyl carbamates (subject to hydrolysis) is 1. The van der Waals surface area contributed by atoms with Gasteiger partial charge in [0.05, 0.1) is 23.5 Å². The second kappa shape index (κ2) is 15.8. The van der Waals surface area contributed by atoms with Crippen molar-refractivity contribution in [3.05, 3.63) is 29.8 Å². The van der Waals surface area contributed by atoms with Gasteiger partial charge in [-0.05, 0) is 119 Å². The summed E-state index contributed by atoms with van der Waals surface area (Å²) in [5.74, 6) is -0.184. The van der Waals surface area contributed by atoms with Crippen molar-refractivity contribution in [1.29, 1.82) is 0 Å². The molecule has 2 amide bonds. The molecule has 0 spiro atoms. The molecule has 1 fully saturated rings. The predicted molar refractivity (Wildman–Crippen MR) is 202 cm³/mol. The summed E-state index contributed by atoms with van der Waals surface area (Å²) in [6, 6.07) is 4.49. The van der Waals surface area contributed by atoms with Crippen molar-refractivity contribution in [2.45, 2.75) is 175 Å². The van der Waals surface area contributed by atoms with E-state index in [1.165, 1.54) is 17.0 Å².